The molecule has 0 aromatic heterocycles. The van der Waals surface area contributed by atoms with Crippen LogP contribution >= 0.6 is 0 Å². The quantitative estimate of drug-likeness (QED) is 0.366. The molecule has 1 rings (SSSR count). The number of benzene rings is 1. The van der Waals surface area contributed by atoms with Crippen molar-refractivity contribution in [2.24, 2.45) is 0 Å². The van der Waals surface area contributed by atoms with Crippen molar-refractivity contribution in [2.75, 3.05) is 33.4 Å². The maximum atomic E-state index is 9.92. The minimum Gasteiger partial charge on any atom is -0.491 e. The van der Waals surface area contributed by atoms with E-state index in [4.69, 9.17) is 29.3 Å². The normalized spacial score (nSPS) is 11.9. The molecule has 0 radical (unpaired) electrons. The zero-order valence-corrected chi connectivity index (χ0v) is 17.3. The van der Waals surface area contributed by atoms with Gasteiger partial charge in [-0.1, -0.05) is 32.9 Å². The summed E-state index contributed by atoms with van der Waals surface area (Å²) < 4.78 is 10.7. The van der Waals surface area contributed by atoms with Gasteiger partial charge in [0.2, 0.25) is 0 Å². The monoisotopic (exact) mass is 399 g/mol. The number of ether oxygens (including phenoxy) is 2. The van der Waals surface area contributed by atoms with E-state index in [9.17, 15) is 5.11 Å². The standard InChI is InChI=1S/C18H31NO3.C2H2O4/c1-14-11-15(18(2,3)4)7-8-17(14)22-13-16(20)12-19-9-6-10-21-5;3-1(4)2(5)6/h7-8,11,16,19-20H,6,9-10,12-13H2,1-5H3;(H,3,4)(H,5,6). The Labute approximate surface area is 166 Å². The number of aliphatic hydroxyl groups excluding tert-OH is 1. The Morgan fingerprint density at radius 1 is 1.18 bits per heavy atom. The van der Waals surface area contributed by atoms with Crippen molar-refractivity contribution in [1.29, 1.82) is 0 Å². The van der Waals surface area contributed by atoms with Gasteiger partial charge in [-0.2, -0.15) is 0 Å². The number of aliphatic hydroxyl groups is 1. The Morgan fingerprint density at radius 2 is 1.79 bits per heavy atom. The highest BCUT2D eigenvalue weighted by Crippen LogP contribution is 2.27. The zero-order chi connectivity index (χ0) is 21.7. The van der Waals surface area contributed by atoms with E-state index in [-0.39, 0.29) is 5.41 Å². The van der Waals surface area contributed by atoms with Crippen LogP contribution in [-0.4, -0.2) is 66.8 Å². The van der Waals surface area contributed by atoms with Gasteiger partial charge in [0, 0.05) is 20.3 Å². The molecular weight excluding hydrogens is 366 g/mol. The van der Waals surface area contributed by atoms with E-state index in [1.165, 1.54) is 5.56 Å². The van der Waals surface area contributed by atoms with E-state index >= 15 is 0 Å². The topological polar surface area (TPSA) is 125 Å². The summed E-state index contributed by atoms with van der Waals surface area (Å²) in [6.45, 7) is 11.0. The number of hydrogen-bond acceptors (Lipinski definition) is 6. The Kier molecular flexibility index (Phi) is 12.1. The second-order valence-corrected chi connectivity index (χ2v) is 7.36. The Morgan fingerprint density at radius 3 is 2.25 bits per heavy atom. The van der Waals surface area contributed by atoms with Gasteiger partial charge >= 0.3 is 11.9 Å². The van der Waals surface area contributed by atoms with E-state index in [2.05, 4.69) is 38.2 Å². The molecule has 1 aromatic rings. The molecule has 160 valence electrons. The lowest BCUT2D eigenvalue weighted by molar-refractivity contribution is -0.159. The number of rotatable bonds is 9. The summed E-state index contributed by atoms with van der Waals surface area (Å²) in [6, 6.07) is 6.25. The van der Waals surface area contributed by atoms with E-state index in [0.29, 0.717) is 13.2 Å². The van der Waals surface area contributed by atoms with Gasteiger partial charge in [0.15, 0.2) is 0 Å². The second kappa shape index (κ2) is 13.1. The van der Waals surface area contributed by atoms with Gasteiger partial charge < -0.3 is 30.1 Å². The number of methoxy groups -OCH3 is 1. The number of carbonyl (C=O) groups is 2. The van der Waals surface area contributed by atoms with Gasteiger partial charge in [-0.05, 0) is 42.5 Å². The Bertz CT molecular complexity index is 599. The van der Waals surface area contributed by atoms with Gasteiger partial charge in [-0.15, -0.1) is 0 Å². The number of carboxylic acid groups (broad SMARTS) is 2. The summed E-state index contributed by atoms with van der Waals surface area (Å²) in [6.07, 6.45) is 0.432. The summed E-state index contributed by atoms with van der Waals surface area (Å²) in [5.74, 6) is -2.81. The molecule has 0 amide bonds. The fourth-order valence-electron chi connectivity index (χ4n) is 2.13. The molecule has 0 aliphatic rings. The first-order chi connectivity index (χ1) is 13.0. The number of hydrogen-bond donors (Lipinski definition) is 4. The second-order valence-electron chi connectivity index (χ2n) is 7.36. The number of nitrogens with one attached hydrogen (secondary N) is 1. The predicted octanol–water partition coefficient (Wildman–Crippen LogP) is 1.81. The molecule has 4 N–H and O–H groups in total. The van der Waals surface area contributed by atoms with Crippen LogP contribution in [0.2, 0.25) is 0 Å². The van der Waals surface area contributed by atoms with Crippen molar-refractivity contribution < 1.29 is 34.4 Å². The molecule has 8 heteroatoms. The van der Waals surface area contributed by atoms with Crippen molar-refractivity contribution >= 4 is 11.9 Å². The third kappa shape index (κ3) is 11.5. The Balaban J connectivity index is 0.00000105. The molecular formula is C20H33NO7. The smallest absolute Gasteiger partial charge is 0.414 e. The van der Waals surface area contributed by atoms with E-state index in [1.807, 2.05) is 13.0 Å². The first-order valence-electron chi connectivity index (χ1n) is 9.07. The summed E-state index contributed by atoms with van der Waals surface area (Å²) in [5, 5.41) is 27.9. The van der Waals surface area contributed by atoms with Crippen molar-refractivity contribution in [1.82, 2.24) is 5.32 Å². The summed E-state index contributed by atoms with van der Waals surface area (Å²) in [4.78, 5) is 18.2. The predicted molar refractivity (Wildman–Crippen MR) is 106 cm³/mol. The third-order valence-corrected chi connectivity index (χ3v) is 3.74. The van der Waals surface area contributed by atoms with E-state index < -0.39 is 18.0 Å². The summed E-state index contributed by atoms with van der Waals surface area (Å²) in [5.41, 5.74) is 2.53. The minimum absolute atomic E-state index is 0.134. The zero-order valence-electron chi connectivity index (χ0n) is 17.3. The molecule has 1 unspecified atom stereocenters. The fraction of sp³-hybridized carbons (Fsp3) is 0.600. The van der Waals surface area contributed by atoms with Crippen molar-refractivity contribution in [2.45, 2.75) is 45.6 Å². The van der Waals surface area contributed by atoms with Crippen LogP contribution in [0.3, 0.4) is 0 Å². The molecule has 0 saturated carbocycles. The molecule has 8 nitrogen and oxygen atoms in total. The van der Waals surface area contributed by atoms with Crippen LogP contribution in [0.4, 0.5) is 0 Å². The van der Waals surface area contributed by atoms with Crippen LogP contribution in [-0.2, 0) is 19.7 Å². The van der Waals surface area contributed by atoms with Crippen LogP contribution in [0.25, 0.3) is 0 Å². The molecule has 0 saturated heterocycles. The highest BCUT2D eigenvalue weighted by molar-refractivity contribution is 6.27. The highest BCUT2D eigenvalue weighted by Gasteiger charge is 2.15. The van der Waals surface area contributed by atoms with Crippen molar-refractivity contribution in [3.05, 3.63) is 29.3 Å². The van der Waals surface area contributed by atoms with Crippen molar-refractivity contribution in [3.8, 4) is 5.75 Å². The molecule has 0 fully saturated rings. The van der Waals surface area contributed by atoms with Crippen LogP contribution < -0.4 is 10.1 Å². The lowest BCUT2D eigenvalue weighted by Gasteiger charge is -2.21. The third-order valence-electron chi connectivity index (χ3n) is 3.74. The maximum absolute atomic E-state index is 9.92. The van der Waals surface area contributed by atoms with Crippen LogP contribution in [0.5, 0.6) is 5.75 Å². The van der Waals surface area contributed by atoms with Gasteiger partial charge in [0.05, 0.1) is 0 Å². The van der Waals surface area contributed by atoms with Crippen LogP contribution in [0.15, 0.2) is 18.2 Å². The molecule has 1 aromatic carbocycles. The average molecular weight is 399 g/mol. The summed E-state index contributed by atoms with van der Waals surface area (Å²) >= 11 is 0. The molecule has 0 spiro atoms. The fourth-order valence-corrected chi connectivity index (χ4v) is 2.13. The molecule has 28 heavy (non-hydrogen) atoms. The lowest BCUT2D eigenvalue weighted by Crippen LogP contribution is -2.32. The maximum Gasteiger partial charge on any atom is 0.414 e. The Hall–Kier alpha value is -2.16. The number of carboxylic acids is 2. The van der Waals surface area contributed by atoms with Crippen LogP contribution in [0.1, 0.15) is 38.3 Å². The van der Waals surface area contributed by atoms with Crippen molar-refractivity contribution in [3.63, 3.8) is 0 Å². The molecule has 0 bridgehead atoms. The van der Waals surface area contributed by atoms with E-state index in [0.717, 1.165) is 30.9 Å². The molecule has 1 atom stereocenters. The minimum atomic E-state index is -1.82. The number of aryl methyl sites for hydroxylation is 1. The van der Waals surface area contributed by atoms with E-state index in [1.54, 1.807) is 7.11 Å². The van der Waals surface area contributed by atoms with Gasteiger partial charge in [-0.25, -0.2) is 9.59 Å². The largest absolute Gasteiger partial charge is 0.491 e. The highest BCUT2D eigenvalue weighted by atomic mass is 16.5. The SMILES string of the molecule is COCCCNCC(O)COc1ccc(C(C)(C)C)cc1C.O=C(O)C(=O)O. The summed E-state index contributed by atoms with van der Waals surface area (Å²) in [7, 11) is 1.69. The molecule has 0 aliphatic carbocycles. The number of aliphatic carboxylic acids is 2. The van der Waals surface area contributed by atoms with Gasteiger partial charge in [0.25, 0.3) is 0 Å². The van der Waals surface area contributed by atoms with Gasteiger partial charge in [0.1, 0.15) is 18.5 Å². The first-order valence-corrected chi connectivity index (χ1v) is 9.07. The average Bonchev–Trinajstić information content (AvgIpc) is 2.60. The van der Waals surface area contributed by atoms with Crippen LogP contribution in [0, 0.1) is 6.92 Å². The molecule has 0 heterocycles. The first kappa shape index (κ1) is 25.8. The molecule has 0 aliphatic heterocycles. The van der Waals surface area contributed by atoms with Gasteiger partial charge in [-0.3, -0.25) is 0 Å². The lowest BCUT2D eigenvalue weighted by atomic mass is 9.86.